The van der Waals surface area contributed by atoms with E-state index in [9.17, 15) is 41.7 Å². The Morgan fingerprint density at radius 1 is 0.413 bits per heavy atom. The number of esters is 1. The summed E-state index contributed by atoms with van der Waals surface area (Å²) in [6.45, 7) is 20.0. The number of hydrogen-bond donors (Lipinski definition) is 0. The van der Waals surface area contributed by atoms with Crippen LogP contribution in [0.15, 0.2) is 146 Å². The number of benzene rings is 6. The van der Waals surface area contributed by atoms with Gasteiger partial charge in [0.15, 0.2) is 0 Å². The second-order valence-electron chi connectivity index (χ2n) is 36.5. The molecule has 0 amide bonds. The van der Waals surface area contributed by atoms with Gasteiger partial charge in [0.1, 0.15) is 53.0 Å². The molecule has 15 nitrogen and oxygen atoms in total. The molecule has 18 rings (SSSR count). The topological polar surface area (TPSA) is 183 Å². The summed E-state index contributed by atoms with van der Waals surface area (Å²) in [5, 5.41) is 23.7. The largest absolute Gasteiger partial charge is 1.00 e. The first kappa shape index (κ1) is 96.1. The number of carbonyl (C=O) groups is 3. The summed E-state index contributed by atoms with van der Waals surface area (Å²) >= 11 is 0.250. The van der Waals surface area contributed by atoms with Gasteiger partial charge in [0.2, 0.25) is 0 Å². The fourth-order valence-electron chi connectivity index (χ4n) is 20.8. The van der Waals surface area contributed by atoms with Crippen LogP contribution >= 0.6 is 12.1 Å². The molecule has 0 spiro atoms. The normalized spacial score (nSPS) is 20.0. The molecule has 656 valence electrons. The number of carboxylic acids is 2. The van der Waals surface area contributed by atoms with E-state index in [1.54, 1.807) is 13.8 Å². The zero-order chi connectivity index (χ0) is 86.8. The van der Waals surface area contributed by atoms with E-state index in [4.69, 9.17) is 18.9 Å². The van der Waals surface area contributed by atoms with E-state index in [-0.39, 0.29) is 137 Å². The molecule has 9 aliphatic rings. The predicted octanol–water partition coefficient (Wildman–Crippen LogP) is 15.0. The van der Waals surface area contributed by atoms with Gasteiger partial charge in [-0.25, -0.2) is 13.2 Å². The van der Waals surface area contributed by atoms with Gasteiger partial charge in [-0.15, -0.1) is 0 Å². The molecule has 6 aromatic carbocycles. The van der Waals surface area contributed by atoms with Gasteiger partial charge in [0.25, 0.3) is 0 Å². The summed E-state index contributed by atoms with van der Waals surface area (Å²) in [5.74, 6) is -0.394. The van der Waals surface area contributed by atoms with Crippen molar-refractivity contribution in [3.8, 4) is 50.6 Å². The second kappa shape index (κ2) is 44.4. The summed E-state index contributed by atoms with van der Waals surface area (Å²) in [6, 6.07) is 43.7. The summed E-state index contributed by atoms with van der Waals surface area (Å²) in [5.41, 5.74) is 20.4. The molecule has 3 aromatic heterocycles. The number of halogens is 4. The van der Waals surface area contributed by atoms with Crippen molar-refractivity contribution in [1.82, 2.24) is 29.7 Å². The predicted molar refractivity (Wildman–Crippen MR) is 475 cm³/mol. The second-order valence-corrected chi connectivity index (χ2v) is 36.8. The van der Waals surface area contributed by atoms with Crippen LogP contribution in [0.3, 0.4) is 0 Å². The van der Waals surface area contributed by atoms with Crippen LogP contribution in [-0.4, -0.2) is 100 Å². The Balaban J connectivity index is 0.000000158. The van der Waals surface area contributed by atoms with Gasteiger partial charge >= 0.3 is 65.1 Å². The molecule has 6 fully saturated rings. The first-order valence-corrected chi connectivity index (χ1v) is 46.7. The number of hydrogen-bond acceptors (Lipinski definition) is 16. The van der Waals surface area contributed by atoms with Gasteiger partial charge in [-0.1, -0.05) is 131 Å². The Hall–Kier alpha value is -7.47. The summed E-state index contributed by atoms with van der Waals surface area (Å²) in [7, 11) is 1.48. The number of aliphatic carboxylic acids is 2. The Morgan fingerprint density at radius 2 is 0.690 bits per heavy atom. The van der Waals surface area contributed by atoms with Crippen molar-refractivity contribution < 1.29 is 120 Å². The first-order chi connectivity index (χ1) is 60.1. The van der Waals surface area contributed by atoms with Crippen LogP contribution in [0.25, 0.3) is 33.4 Å². The molecule has 3 saturated carbocycles. The van der Waals surface area contributed by atoms with Crippen LogP contribution in [0.1, 0.15) is 256 Å². The number of carbonyl (C=O) groups excluding carboxylic acids is 3. The molecule has 3 aliphatic carbocycles. The van der Waals surface area contributed by atoms with Crippen molar-refractivity contribution in [3.05, 3.63) is 247 Å². The summed E-state index contributed by atoms with van der Waals surface area (Å²) in [6.07, 6.45) is 27.6. The van der Waals surface area contributed by atoms with E-state index in [2.05, 4.69) is 127 Å². The third-order valence-corrected chi connectivity index (χ3v) is 28.3. The van der Waals surface area contributed by atoms with E-state index in [0.717, 1.165) is 255 Å². The standard InChI is InChI=1S/C35H41FN2O3.2C34H39FN2O3.CH3FS.2Na/c1-22-17-30(31(36)20-37-22)29-13-11-26(18-28(29)21-38-15-4-5-16-38)32-14-12-24-9-10-27(19-33(24)41-32)34(25-7-6-8-25)23(2)35(39)40-3;2*1-21-16-29(30(35)19-36-21)28-12-10-25(17-27(28)20-37-14-3-4-15-37)31-13-11-23-8-9-26(18-32(23)40-31)33(22(2)34(38)39)24-6-5-7-24;1-3-2;;/h9-11,13,17-20,23,25,32,34H,4-8,12,14-16,21H2,1-3H3;2*8-10,12,16-19,22,24,31,33H,3-7,11,13-15,20H2,1-2H3,(H,38,39);1H3;;/q;;;;2*+1/p-2/t23-,32?,34-;22-,31+,33-;22-,31-,33-;;;/m000.../s1. The van der Waals surface area contributed by atoms with Gasteiger partial charge in [-0.3, -0.25) is 34.4 Å². The molecule has 9 atom stereocenters. The number of carboxylic acid groups (broad SMARTS) is 2. The first-order valence-electron chi connectivity index (χ1n) is 45.5. The van der Waals surface area contributed by atoms with E-state index >= 15 is 0 Å². The monoisotopic (exact) mass is 1750 g/mol. The number of methoxy groups -OCH3 is 1. The molecule has 6 aliphatic heterocycles. The fraction of sp³-hybridized carbons (Fsp3) is 0.481. The Bertz CT molecular complexity index is 5050. The molecule has 126 heavy (non-hydrogen) atoms. The number of likely N-dealkylation sites (tertiary alicyclic amines) is 3. The third kappa shape index (κ3) is 22.7. The van der Waals surface area contributed by atoms with Crippen LogP contribution in [0.5, 0.6) is 17.2 Å². The van der Waals surface area contributed by atoms with Crippen LogP contribution in [0.4, 0.5) is 17.1 Å². The quantitative estimate of drug-likeness (QED) is 0.0316. The molecule has 0 N–H and O–H groups in total. The van der Waals surface area contributed by atoms with Crippen molar-refractivity contribution in [1.29, 1.82) is 0 Å². The SMILES string of the molecule is COC(=O)[C@@H](C)[C@H](c1ccc2c(c1)OC(c1ccc(-c3cc(C)ncc3F)c(CN3CCCC3)c1)CC2)C1CCC1.CSF.Cc1cc(-c2ccc([C@@H]3CCc4ccc([C@H](C5CCC5)[C@H](C)C(=O)[O-])cc4O3)cc2CN2CCCC2)c(F)cn1.Cc1cc(-c2ccc([C@H]3CCc4ccc([C@H](C5CCC5)[C@H](C)C(=O)[O-])cc4O3)cc2CN2CCCC2)c(F)cn1.[Na+].[Na+]. The minimum Gasteiger partial charge on any atom is -0.550 e. The molecule has 0 radical (unpaired) electrons. The number of fused-ring (bicyclic) bond motifs is 3. The van der Waals surface area contributed by atoms with Crippen LogP contribution < -0.4 is 83.5 Å². The van der Waals surface area contributed by atoms with Crippen molar-refractivity contribution in [2.45, 2.75) is 232 Å². The summed E-state index contributed by atoms with van der Waals surface area (Å²) in [4.78, 5) is 56.0. The zero-order valence-electron chi connectivity index (χ0n) is 75.3. The van der Waals surface area contributed by atoms with Gasteiger partial charge in [-0.05, 0) is 331 Å². The molecule has 0 bridgehead atoms. The Labute approximate surface area is 791 Å². The molecule has 9 heterocycles. The van der Waals surface area contributed by atoms with Gasteiger partial charge in [-0.2, -0.15) is 3.89 Å². The third-order valence-electron chi connectivity index (χ3n) is 28.3. The van der Waals surface area contributed by atoms with E-state index in [1.165, 1.54) is 88.0 Å². The molecule has 1 unspecified atom stereocenters. The van der Waals surface area contributed by atoms with Gasteiger partial charge < -0.3 is 38.7 Å². The van der Waals surface area contributed by atoms with Crippen molar-refractivity contribution in [3.63, 3.8) is 0 Å². The van der Waals surface area contributed by atoms with Crippen molar-refractivity contribution in [2.24, 2.45) is 35.5 Å². The van der Waals surface area contributed by atoms with E-state index < -0.39 is 23.8 Å². The fourth-order valence-corrected chi connectivity index (χ4v) is 20.8. The minimum absolute atomic E-state index is 0. The average Bonchev–Trinajstić information content (AvgIpc) is 1.14. The molecule has 9 aromatic rings. The van der Waals surface area contributed by atoms with E-state index in [1.807, 2.05) is 58.0 Å². The van der Waals surface area contributed by atoms with Crippen molar-refractivity contribution in [2.75, 3.05) is 52.6 Å². The van der Waals surface area contributed by atoms with Crippen LogP contribution in [0.2, 0.25) is 0 Å². The van der Waals surface area contributed by atoms with E-state index in [0.29, 0.717) is 34.4 Å². The Kier molecular flexibility index (Phi) is 33.9. The Morgan fingerprint density at radius 3 is 0.944 bits per heavy atom. The van der Waals surface area contributed by atoms with Crippen molar-refractivity contribution >= 4 is 30.1 Å². The summed E-state index contributed by atoms with van der Waals surface area (Å²) < 4.78 is 80.1. The smallest absolute Gasteiger partial charge is 0.550 e. The molecule has 22 heteroatoms. The number of pyridine rings is 3. The maximum Gasteiger partial charge on any atom is 1.00 e. The average molecular weight is 1750 g/mol. The number of nitrogens with zero attached hydrogens (tertiary/aromatic N) is 6. The maximum atomic E-state index is 15.0. The zero-order valence-corrected chi connectivity index (χ0v) is 80.1. The van der Waals surface area contributed by atoms with Gasteiger partial charge in [0.05, 0.1) is 31.6 Å². The van der Waals surface area contributed by atoms with Crippen LogP contribution in [-0.2, 0) is 58.0 Å². The minimum atomic E-state index is -0.986. The maximum absolute atomic E-state index is 15.0. The number of aromatic nitrogens is 3. The molecule has 3 saturated heterocycles. The van der Waals surface area contributed by atoms with Gasteiger partial charge in [0, 0.05) is 95.6 Å². The number of ether oxygens (including phenoxy) is 4. The molecular formula is C104H120F4N6Na2O9S. The number of rotatable bonds is 24. The molecular weight excluding hydrogens is 1630 g/mol. The van der Waals surface area contributed by atoms with Crippen LogP contribution in [0, 0.1) is 73.7 Å². The number of aryl methyl sites for hydroxylation is 6.